The van der Waals surface area contributed by atoms with Crippen LogP contribution in [0.5, 0.6) is 0 Å². The van der Waals surface area contributed by atoms with Gasteiger partial charge in [0.2, 0.25) is 11.3 Å². The normalized spacial score (nSPS) is 12.3. The van der Waals surface area contributed by atoms with Gasteiger partial charge in [-0.2, -0.15) is 0 Å². The molecule has 0 spiro atoms. The third kappa shape index (κ3) is 6.87. The third-order valence-electron chi connectivity index (χ3n) is 6.42. The number of aryl methyl sites for hydroxylation is 2. The van der Waals surface area contributed by atoms with Crippen molar-refractivity contribution in [1.29, 1.82) is 0 Å². The Balaban J connectivity index is 1.44. The molecule has 0 aliphatic rings. The number of benzene rings is 2. The van der Waals surface area contributed by atoms with E-state index in [0.29, 0.717) is 41.3 Å². The molecule has 2 aromatic carbocycles. The molecule has 37 heavy (non-hydrogen) atoms. The number of pyridine rings is 1. The van der Waals surface area contributed by atoms with Gasteiger partial charge < -0.3 is 15.0 Å². The van der Waals surface area contributed by atoms with Gasteiger partial charge in [-0.05, 0) is 49.2 Å². The largest absolute Gasteiger partial charge is 0.391 e. The maximum atomic E-state index is 13.3. The summed E-state index contributed by atoms with van der Waals surface area (Å²) in [6.07, 6.45) is 1.91. The van der Waals surface area contributed by atoms with E-state index < -0.39 is 6.10 Å². The van der Waals surface area contributed by atoms with Gasteiger partial charge in [0.1, 0.15) is 0 Å². The van der Waals surface area contributed by atoms with Crippen molar-refractivity contribution < 1.29 is 9.90 Å². The molecule has 4 aromatic rings. The highest BCUT2D eigenvalue weighted by molar-refractivity contribution is 7.19. The summed E-state index contributed by atoms with van der Waals surface area (Å²) in [4.78, 5) is 29.1. The Morgan fingerprint density at radius 3 is 2.54 bits per heavy atom. The summed E-state index contributed by atoms with van der Waals surface area (Å²) < 4.78 is 2.61. The highest BCUT2D eigenvalue weighted by Gasteiger charge is 2.19. The minimum absolute atomic E-state index is 0.0219. The molecular formula is C29H32ClN3O3S. The second-order valence-electron chi connectivity index (χ2n) is 9.54. The number of aliphatic hydroxyl groups is 1. The number of aliphatic hydroxyl groups excluding tert-OH is 1. The maximum absolute atomic E-state index is 13.3. The number of nitrogens with zero attached hydrogens (tertiary/aromatic N) is 2. The van der Waals surface area contributed by atoms with Crippen LogP contribution in [0.2, 0.25) is 5.02 Å². The fourth-order valence-electron chi connectivity index (χ4n) is 4.57. The van der Waals surface area contributed by atoms with Crippen molar-refractivity contribution in [3.8, 4) is 0 Å². The molecule has 2 N–H and O–H groups in total. The van der Waals surface area contributed by atoms with Crippen LogP contribution >= 0.6 is 22.9 Å². The summed E-state index contributed by atoms with van der Waals surface area (Å²) in [5.74, 6) is -0.202. The molecule has 0 saturated carbocycles. The van der Waals surface area contributed by atoms with Gasteiger partial charge in [-0.1, -0.05) is 54.1 Å². The first-order valence-corrected chi connectivity index (χ1v) is 13.4. The van der Waals surface area contributed by atoms with Crippen molar-refractivity contribution in [1.82, 2.24) is 14.8 Å². The number of amides is 1. The third-order valence-corrected chi connectivity index (χ3v) is 7.93. The number of hydrogen-bond donors (Lipinski definition) is 2. The lowest BCUT2D eigenvalue weighted by Crippen LogP contribution is -2.30. The monoisotopic (exact) mass is 537 g/mol. The number of carbonyl (C=O) groups is 1. The maximum Gasteiger partial charge on any atom is 0.224 e. The lowest BCUT2D eigenvalue weighted by atomic mass is 10.1. The lowest BCUT2D eigenvalue weighted by molar-refractivity contribution is -0.120. The van der Waals surface area contributed by atoms with Gasteiger partial charge in [0.15, 0.2) is 0 Å². The van der Waals surface area contributed by atoms with Crippen molar-refractivity contribution in [2.75, 3.05) is 13.6 Å². The van der Waals surface area contributed by atoms with Crippen molar-refractivity contribution in [2.24, 2.45) is 7.05 Å². The summed E-state index contributed by atoms with van der Waals surface area (Å²) in [6.45, 7) is 3.56. The Kier molecular flexibility index (Phi) is 8.82. The SMILES string of the molecule is Cc1c(CN(C)CC(O)Cc2ccccc2)sc2c(=O)c(CC(=O)NCc3ccc(Cl)cc3)cn(C)c12. The molecule has 2 aromatic heterocycles. The quantitative estimate of drug-likeness (QED) is 0.313. The Labute approximate surface area is 226 Å². The van der Waals surface area contributed by atoms with Gasteiger partial charge in [-0.15, -0.1) is 11.3 Å². The van der Waals surface area contributed by atoms with Crippen LogP contribution in [0.4, 0.5) is 0 Å². The molecule has 4 rings (SSSR count). The number of likely N-dealkylation sites (N-methyl/N-ethyl adjacent to an activating group) is 1. The Hall–Kier alpha value is -2.97. The Morgan fingerprint density at radius 2 is 1.84 bits per heavy atom. The van der Waals surface area contributed by atoms with Crippen LogP contribution in [-0.4, -0.2) is 40.2 Å². The summed E-state index contributed by atoms with van der Waals surface area (Å²) >= 11 is 7.39. The molecule has 0 fully saturated rings. The van der Waals surface area contributed by atoms with Crippen LogP contribution < -0.4 is 10.7 Å². The van der Waals surface area contributed by atoms with Gasteiger partial charge in [0.25, 0.3) is 0 Å². The minimum atomic E-state index is -0.480. The van der Waals surface area contributed by atoms with Gasteiger partial charge in [0, 0.05) is 48.3 Å². The van der Waals surface area contributed by atoms with E-state index in [1.807, 2.05) is 68.1 Å². The summed E-state index contributed by atoms with van der Waals surface area (Å²) in [6, 6.07) is 17.2. The van der Waals surface area contributed by atoms with Crippen LogP contribution in [0.25, 0.3) is 10.2 Å². The molecule has 0 saturated heterocycles. The van der Waals surface area contributed by atoms with E-state index in [9.17, 15) is 14.7 Å². The Morgan fingerprint density at radius 1 is 1.14 bits per heavy atom. The van der Waals surface area contributed by atoms with E-state index in [4.69, 9.17) is 11.6 Å². The summed E-state index contributed by atoms with van der Waals surface area (Å²) in [5.41, 5.74) is 4.38. The highest BCUT2D eigenvalue weighted by Crippen LogP contribution is 2.29. The van der Waals surface area contributed by atoms with Gasteiger partial charge in [-0.3, -0.25) is 14.5 Å². The molecule has 0 aliphatic carbocycles. The predicted molar refractivity (Wildman–Crippen MR) is 151 cm³/mol. The fourth-order valence-corrected chi connectivity index (χ4v) is 6.09. The van der Waals surface area contributed by atoms with E-state index >= 15 is 0 Å². The zero-order valence-electron chi connectivity index (χ0n) is 21.3. The number of aromatic nitrogens is 1. The first-order valence-electron chi connectivity index (χ1n) is 12.2. The average Bonchev–Trinajstić information content (AvgIpc) is 3.18. The standard InChI is InChI=1S/C29H32ClN3O3S/c1-19-25(18-32(2)17-24(34)13-20-7-5-4-6-8-20)37-29-27(19)33(3)16-22(28(29)36)14-26(35)31-15-21-9-11-23(30)12-10-21/h4-12,16,24,34H,13-15,17-18H2,1-3H3,(H,31,35). The van der Waals surface area contributed by atoms with Crippen molar-refractivity contribution in [2.45, 2.75) is 39.0 Å². The molecular weight excluding hydrogens is 506 g/mol. The number of fused-ring (bicyclic) bond motifs is 1. The minimum Gasteiger partial charge on any atom is -0.391 e. The zero-order chi connectivity index (χ0) is 26.5. The first-order chi connectivity index (χ1) is 17.7. The molecule has 2 heterocycles. The molecule has 194 valence electrons. The van der Waals surface area contributed by atoms with Crippen LogP contribution in [-0.2, 0) is 37.8 Å². The molecule has 0 bridgehead atoms. The van der Waals surface area contributed by atoms with Crippen molar-refractivity contribution in [3.63, 3.8) is 0 Å². The van der Waals surface area contributed by atoms with E-state index in [1.165, 1.54) is 11.3 Å². The summed E-state index contributed by atoms with van der Waals surface area (Å²) in [7, 11) is 3.89. The number of halogens is 1. The molecule has 1 unspecified atom stereocenters. The smallest absolute Gasteiger partial charge is 0.224 e. The summed E-state index contributed by atoms with van der Waals surface area (Å²) in [5, 5.41) is 14.1. The Bertz CT molecular complexity index is 1430. The van der Waals surface area contributed by atoms with Crippen LogP contribution in [0, 0.1) is 6.92 Å². The van der Waals surface area contributed by atoms with Gasteiger partial charge >= 0.3 is 0 Å². The fraction of sp³-hybridized carbons (Fsp3) is 0.310. The van der Waals surface area contributed by atoms with Gasteiger partial charge in [-0.25, -0.2) is 0 Å². The molecule has 6 nitrogen and oxygen atoms in total. The number of nitrogens with one attached hydrogen (secondary N) is 1. The van der Waals surface area contributed by atoms with Crippen molar-refractivity contribution >= 4 is 39.1 Å². The van der Waals surface area contributed by atoms with Crippen LogP contribution in [0.15, 0.2) is 65.6 Å². The van der Waals surface area contributed by atoms with E-state index in [0.717, 1.165) is 27.1 Å². The van der Waals surface area contributed by atoms with Crippen molar-refractivity contribution in [3.05, 3.63) is 103 Å². The van der Waals surface area contributed by atoms with Crippen LogP contribution in [0.3, 0.4) is 0 Å². The van der Waals surface area contributed by atoms with Crippen LogP contribution in [0.1, 0.15) is 27.1 Å². The van der Waals surface area contributed by atoms with E-state index in [1.54, 1.807) is 18.3 Å². The number of rotatable bonds is 10. The zero-order valence-corrected chi connectivity index (χ0v) is 22.9. The highest BCUT2D eigenvalue weighted by atomic mass is 35.5. The first kappa shape index (κ1) is 27.1. The second-order valence-corrected chi connectivity index (χ2v) is 11.1. The molecule has 1 amide bonds. The van der Waals surface area contributed by atoms with Gasteiger partial charge in [0.05, 0.1) is 22.7 Å². The number of hydrogen-bond acceptors (Lipinski definition) is 5. The topological polar surface area (TPSA) is 74.6 Å². The van der Waals surface area contributed by atoms with E-state index in [2.05, 4.69) is 10.2 Å². The second kappa shape index (κ2) is 12.0. The van der Waals surface area contributed by atoms with E-state index in [-0.39, 0.29) is 17.8 Å². The number of carbonyl (C=O) groups excluding carboxylic acids is 1. The number of thiophene rings is 1. The molecule has 8 heteroatoms. The molecule has 1 atom stereocenters. The average molecular weight is 538 g/mol. The lowest BCUT2D eigenvalue weighted by Gasteiger charge is -2.20. The predicted octanol–water partition coefficient (Wildman–Crippen LogP) is 4.46. The molecule has 0 aliphatic heterocycles. The molecule has 0 radical (unpaired) electrons.